The number of benzene rings is 8. The fourth-order valence-corrected chi connectivity index (χ4v) is 9.80. The Hall–Kier alpha value is -6.84. The Labute approximate surface area is 312 Å². The Morgan fingerprint density at radius 2 is 0.648 bits per heavy atom. The van der Waals surface area contributed by atoms with Gasteiger partial charge in [-0.1, -0.05) is 129 Å². The Morgan fingerprint density at radius 3 is 1.15 bits per heavy atom. The zero-order valence-corrected chi connectivity index (χ0v) is 30.1. The van der Waals surface area contributed by atoms with Crippen molar-refractivity contribution < 1.29 is 0 Å². The van der Waals surface area contributed by atoms with Crippen LogP contribution in [0.25, 0.3) is 93.6 Å². The minimum absolute atomic E-state index is 0.0347. The van der Waals surface area contributed by atoms with Gasteiger partial charge >= 0.3 is 0 Å². The Balaban J connectivity index is 1.12. The molecule has 54 heavy (non-hydrogen) atoms. The lowest BCUT2D eigenvalue weighted by atomic mass is 9.82. The summed E-state index contributed by atoms with van der Waals surface area (Å²) in [6.07, 6.45) is 0. The molecule has 1 aliphatic carbocycles. The third-order valence-corrected chi connectivity index (χ3v) is 12.2. The summed E-state index contributed by atoms with van der Waals surface area (Å²) in [7, 11) is 0. The standard InChI is InChI=1S/C51H35N3/c1-51(2)43-18-8-3-13-35(43)42-29-32(25-28-44(42)51)53-47-21-11-6-16-38(47)40-27-24-34(31-49(40)53)54-48-22-12-7-17-39(48)41-26-23-33(30-50(41)54)52-45-19-9-4-14-36(45)37-15-5-10-20-46(37)52/h3-31H,1-2H3. The van der Waals surface area contributed by atoms with Crippen molar-refractivity contribution in [1.82, 2.24) is 13.7 Å². The van der Waals surface area contributed by atoms with Crippen LogP contribution in [0.1, 0.15) is 25.0 Å². The molecule has 254 valence electrons. The largest absolute Gasteiger partial charge is 0.309 e. The SMILES string of the molecule is CC1(C)c2ccccc2-c2cc(-n3c4ccccc4c4ccc(-n5c6ccccc6c6ccc(-n7c8ccccc8c8ccccc87)cc65)cc43)ccc21. The number of nitrogens with zero attached hydrogens (tertiary/aromatic N) is 3. The van der Waals surface area contributed by atoms with Gasteiger partial charge in [-0.2, -0.15) is 0 Å². The molecule has 0 N–H and O–H groups in total. The van der Waals surface area contributed by atoms with Gasteiger partial charge in [0.25, 0.3) is 0 Å². The van der Waals surface area contributed by atoms with Crippen molar-refractivity contribution in [3.8, 4) is 28.2 Å². The molecule has 3 aromatic heterocycles. The average Bonchev–Trinajstić information content (AvgIpc) is 3.91. The van der Waals surface area contributed by atoms with E-state index in [1.165, 1.54) is 93.4 Å². The molecule has 0 unspecified atom stereocenters. The highest BCUT2D eigenvalue weighted by Crippen LogP contribution is 2.49. The van der Waals surface area contributed by atoms with Crippen LogP contribution in [0.4, 0.5) is 0 Å². The molecular weight excluding hydrogens is 655 g/mol. The lowest BCUT2D eigenvalue weighted by Gasteiger charge is -2.21. The first-order chi connectivity index (χ1) is 26.6. The van der Waals surface area contributed by atoms with Crippen LogP contribution in [0, 0.1) is 0 Å². The zero-order valence-electron chi connectivity index (χ0n) is 30.1. The van der Waals surface area contributed by atoms with Crippen molar-refractivity contribution >= 4 is 65.4 Å². The number of para-hydroxylation sites is 4. The third kappa shape index (κ3) is 3.85. The van der Waals surface area contributed by atoms with Gasteiger partial charge in [-0.05, 0) is 82.9 Å². The van der Waals surface area contributed by atoms with Gasteiger partial charge in [0.15, 0.2) is 0 Å². The summed E-state index contributed by atoms with van der Waals surface area (Å²) in [6.45, 7) is 4.70. The van der Waals surface area contributed by atoms with Crippen LogP contribution >= 0.6 is 0 Å². The lowest BCUT2D eigenvalue weighted by molar-refractivity contribution is 0.660. The van der Waals surface area contributed by atoms with Crippen molar-refractivity contribution in [2.75, 3.05) is 0 Å². The maximum atomic E-state index is 2.47. The Kier molecular flexibility index (Phi) is 5.84. The van der Waals surface area contributed by atoms with Gasteiger partial charge in [-0.25, -0.2) is 0 Å². The van der Waals surface area contributed by atoms with Gasteiger partial charge in [0.1, 0.15) is 0 Å². The predicted molar refractivity (Wildman–Crippen MR) is 227 cm³/mol. The van der Waals surface area contributed by atoms with Crippen molar-refractivity contribution in [3.63, 3.8) is 0 Å². The van der Waals surface area contributed by atoms with Crippen molar-refractivity contribution in [2.24, 2.45) is 0 Å². The second kappa shape index (κ2) is 10.6. The van der Waals surface area contributed by atoms with E-state index in [1.807, 2.05) is 0 Å². The summed E-state index contributed by atoms with van der Waals surface area (Å²) in [5.41, 5.74) is 16.1. The molecule has 0 fully saturated rings. The monoisotopic (exact) mass is 689 g/mol. The molecule has 0 bridgehead atoms. The highest BCUT2D eigenvalue weighted by Gasteiger charge is 2.35. The Bertz CT molecular complexity index is 3310. The highest BCUT2D eigenvalue weighted by atomic mass is 15.0. The van der Waals surface area contributed by atoms with E-state index in [1.54, 1.807) is 0 Å². The summed E-state index contributed by atoms with van der Waals surface area (Å²) < 4.78 is 7.35. The first kappa shape index (κ1) is 29.7. The molecule has 0 saturated carbocycles. The molecule has 1 aliphatic rings. The maximum Gasteiger partial charge on any atom is 0.0561 e. The molecule has 0 atom stereocenters. The number of hydrogen-bond acceptors (Lipinski definition) is 0. The summed E-state index contributed by atoms with van der Waals surface area (Å²) in [5, 5.41) is 7.55. The number of rotatable bonds is 3. The molecule has 12 rings (SSSR count). The quantitative estimate of drug-likeness (QED) is 0.175. The molecule has 0 spiro atoms. The van der Waals surface area contributed by atoms with E-state index in [4.69, 9.17) is 0 Å². The molecule has 0 aliphatic heterocycles. The predicted octanol–water partition coefficient (Wildman–Crippen LogP) is 13.3. The van der Waals surface area contributed by atoms with Crippen molar-refractivity contribution in [3.05, 3.63) is 187 Å². The minimum Gasteiger partial charge on any atom is -0.309 e. The Morgan fingerprint density at radius 1 is 0.296 bits per heavy atom. The molecule has 0 saturated heterocycles. The van der Waals surface area contributed by atoms with Crippen LogP contribution in [-0.2, 0) is 5.41 Å². The molecule has 3 heteroatoms. The molecule has 11 aromatic rings. The lowest BCUT2D eigenvalue weighted by Crippen LogP contribution is -2.14. The summed E-state index contributed by atoms with van der Waals surface area (Å²) in [4.78, 5) is 0. The fraction of sp³-hybridized carbons (Fsp3) is 0.0588. The number of fused-ring (bicyclic) bond motifs is 12. The van der Waals surface area contributed by atoms with Crippen LogP contribution in [-0.4, -0.2) is 13.7 Å². The van der Waals surface area contributed by atoms with Gasteiger partial charge in [0.05, 0.1) is 33.1 Å². The fourth-order valence-electron chi connectivity index (χ4n) is 9.80. The number of hydrogen-bond donors (Lipinski definition) is 0. The molecule has 8 aromatic carbocycles. The number of aromatic nitrogens is 3. The van der Waals surface area contributed by atoms with E-state index in [-0.39, 0.29) is 5.41 Å². The van der Waals surface area contributed by atoms with Crippen LogP contribution in [0.3, 0.4) is 0 Å². The summed E-state index contributed by atoms with van der Waals surface area (Å²) in [6, 6.07) is 65.2. The van der Waals surface area contributed by atoms with E-state index in [9.17, 15) is 0 Å². The van der Waals surface area contributed by atoms with Gasteiger partial charge in [-0.15, -0.1) is 0 Å². The third-order valence-electron chi connectivity index (χ3n) is 12.2. The van der Waals surface area contributed by atoms with Gasteiger partial charge in [-0.3, -0.25) is 0 Å². The summed E-state index contributed by atoms with van der Waals surface area (Å²) >= 11 is 0. The first-order valence-corrected chi connectivity index (χ1v) is 18.9. The molecule has 3 heterocycles. The second-order valence-electron chi connectivity index (χ2n) is 15.4. The van der Waals surface area contributed by atoms with Gasteiger partial charge in [0.2, 0.25) is 0 Å². The molecule has 0 radical (unpaired) electrons. The van der Waals surface area contributed by atoms with E-state index < -0.39 is 0 Å². The molecule has 3 nitrogen and oxygen atoms in total. The second-order valence-corrected chi connectivity index (χ2v) is 15.4. The molecule has 0 amide bonds. The van der Waals surface area contributed by atoms with E-state index in [2.05, 4.69) is 203 Å². The average molecular weight is 690 g/mol. The van der Waals surface area contributed by atoms with Crippen molar-refractivity contribution in [2.45, 2.75) is 19.3 Å². The summed E-state index contributed by atoms with van der Waals surface area (Å²) in [5.74, 6) is 0. The van der Waals surface area contributed by atoms with Crippen LogP contribution in [0.5, 0.6) is 0 Å². The van der Waals surface area contributed by atoms with Crippen molar-refractivity contribution in [1.29, 1.82) is 0 Å². The zero-order chi connectivity index (χ0) is 35.7. The van der Waals surface area contributed by atoms with Crippen LogP contribution < -0.4 is 0 Å². The van der Waals surface area contributed by atoms with Gasteiger partial charge < -0.3 is 13.7 Å². The molecular formula is C51H35N3. The van der Waals surface area contributed by atoms with E-state index in [0.717, 1.165) is 11.4 Å². The highest BCUT2D eigenvalue weighted by molar-refractivity contribution is 6.13. The van der Waals surface area contributed by atoms with Crippen LogP contribution in [0.15, 0.2) is 176 Å². The smallest absolute Gasteiger partial charge is 0.0561 e. The van der Waals surface area contributed by atoms with Crippen LogP contribution in [0.2, 0.25) is 0 Å². The van der Waals surface area contributed by atoms with E-state index >= 15 is 0 Å². The van der Waals surface area contributed by atoms with Gasteiger partial charge in [0, 0.05) is 54.8 Å². The van der Waals surface area contributed by atoms with E-state index in [0.29, 0.717) is 0 Å². The topological polar surface area (TPSA) is 14.8 Å². The minimum atomic E-state index is -0.0347. The maximum absolute atomic E-state index is 2.47. The first-order valence-electron chi connectivity index (χ1n) is 18.9. The normalized spacial score (nSPS) is 13.5.